The predicted octanol–water partition coefficient (Wildman–Crippen LogP) is 3.54. The molecule has 0 saturated carbocycles. The van der Waals surface area contributed by atoms with Crippen LogP contribution in [0.3, 0.4) is 0 Å². The van der Waals surface area contributed by atoms with Crippen LogP contribution in [0.15, 0.2) is 53.4 Å². The van der Waals surface area contributed by atoms with Crippen LogP contribution in [-0.4, -0.2) is 44.9 Å². The monoisotopic (exact) mass is 444 g/mol. The lowest BCUT2D eigenvalue weighted by Crippen LogP contribution is -2.45. The van der Waals surface area contributed by atoms with Crippen LogP contribution in [0.2, 0.25) is 0 Å². The van der Waals surface area contributed by atoms with Crippen LogP contribution in [0.4, 0.5) is 0 Å². The van der Waals surface area contributed by atoms with Gasteiger partial charge in [0.1, 0.15) is 5.75 Å². The Labute approximate surface area is 185 Å². The summed E-state index contributed by atoms with van der Waals surface area (Å²) in [6, 6.07) is 14.9. The van der Waals surface area contributed by atoms with Gasteiger partial charge >= 0.3 is 0 Å². The number of rotatable bonds is 9. The molecule has 1 amide bonds. The fraction of sp³-hybridized carbons (Fsp3) is 0.458. The Morgan fingerprint density at radius 1 is 1.13 bits per heavy atom. The third kappa shape index (κ3) is 6.31. The molecule has 1 aliphatic rings. The van der Waals surface area contributed by atoms with E-state index in [1.807, 2.05) is 38.1 Å². The van der Waals surface area contributed by atoms with Crippen LogP contribution in [-0.2, 0) is 21.2 Å². The highest BCUT2D eigenvalue weighted by atomic mass is 32.2. The molecular weight excluding hydrogens is 412 g/mol. The van der Waals surface area contributed by atoms with Crippen molar-refractivity contribution in [2.45, 2.75) is 44.4 Å². The van der Waals surface area contributed by atoms with Crippen molar-refractivity contribution >= 4 is 15.9 Å². The molecule has 0 unspecified atom stereocenters. The fourth-order valence-electron chi connectivity index (χ4n) is 3.80. The summed E-state index contributed by atoms with van der Waals surface area (Å²) in [5.41, 5.74) is 2.21. The summed E-state index contributed by atoms with van der Waals surface area (Å²) < 4.78 is 32.8. The van der Waals surface area contributed by atoms with Gasteiger partial charge in [0.15, 0.2) is 0 Å². The molecular formula is C24H32N2O4S. The number of sulfonamides is 1. The average Bonchev–Trinajstić information content (AvgIpc) is 2.78. The Kier molecular flexibility index (Phi) is 8.09. The summed E-state index contributed by atoms with van der Waals surface area (Å²) in [5.74, 6) is 0.497. The molecule has 1 atom stereocenters. The zero-order valence-corrected chi connectivity index (χ0v) is 19.2. The fourth-order valence-corrected chi connectivity index (χ4v) is 5.33. The van der Waals surface area contributed by atoms with Crippen LogP contribution in [0.25, 0.3) is 0 Å². The van der Waals surface area contributed by atoms with E-state index in [9.17, 15) is 13.2 Å². The smallest absolute Gasteiger partial charge is 0.243 e. The lowest BCUT2D eigenvalue weighted by molar-refractivity contribution is -0.126. The van der Waals surface area contributed by atoms with Crippen LogP contribution in [0.1, 0.15) is 37.3 Å². The van der Waals surface area contributed by atoms with E-state index >= 15 is 0 Å². The number of hydrogen-bond donors (Lipinski definition) is 1. The highest BCUT2D eigenvalue weighted by molar-refractivity contribution is 7.89. The van der Waals surface area contributed by atoms with Gasteiger partial charge in [-0.3, -0.25) is 4.79 Å². The molecule has 168 valence electrons. The van der Waals surface area contributed by atoms with Gasteiger partial charge in [0.2, 0.25) is 15.9 Å². The molecule has 1 saturated heterocycles. The van der Waals surface area contributed by atoms with E-state index in [1.165, 1.54) is 9.87 Å². The molecule has 31 heavy (non-hydrogen) atoms. The first-order valence-corrected chi connectivity index (χ1v) is 12.4. The molecule has 2 aromatic rings. The molecule has 0 aromatic heterocycles. The van der Waals surface area contributed by atoms with E-state index in [1.54, 1.807) is 24.3 Å². The number of amides is 1. The molecule has 3 rings (SSSR count). The molecule has 0 spiro atoms. The van der Waals surface area contributed by atoms with E-state index < -0.39 is 10.0 Å². The van der Waals surface area contributed by atoms with Crippen molar-refractivity contribution in [3.05, 3.63) is 59.7 Å². The highest BCUT2D eigenvalue weighted by Gasteiger charge is 2.33. The SMILES string of the molecule is CCOc1ccc(CCCNC(=O)[C@@H]2CCCN(S(=O)(=O)c3ccc(C)cc3)C2)cc1. The van der Waals surface area contributed by atoms with E-state index in [0.717, 1.165) is 24.2 Å². The van der Waals surface area contributed by atoms with Crippen molar-refractivity contribution in [3.63, 3.8) is 0 Å². The predicted molar refractivity (Wildman–Crippen MR) is 122 cm³/mol. The zero-order valence-electron chi connectivity index (χ0n) is 18.3. The number of nitrogens with zero attached hydrogens (tertiary/aromatic N) is 1. The van der Waals surface area contributed by atoms with Gasteiger partial charge in [-0.15, -0.1) is 0 Å². The van der Waals surface area contributed by atoms with Crippen molar-refractivity contribution in [3.8, 4) is 5.75 Å². The molecule has 1 fully saturated rings. The third-order valence-electron chi connectivity index (χ3n) is 5.59. The number of carbonyl (C=O) groups is 1. The maximum Gasteiger partial charge on any atom is 0.243 e. The molecule has 1 N–H and O–H groups in total. The van der Waals surface area contributed by atoms with Crippen molar-refractivity contribution in [2.75, 3.05) is 26.2 Å². The number of piperidine rings is 1. The average molecular weight is 445 g/mol. The number of aryl methyl sites for hydroxylation is 2. The third-order valence-corrected chi connectivity index (χ3v) is 7.47. The molecule has 1 heterocycles. The first kappa shape index (κ1) is 23.3. The summed E-state index contributed by atoms with van der Waals surface area (Å²) in [6.07, 6.45) is 3.10. The summed E-state index contributed by atoms with van der Waals surface area (Å²) in [4.78, 5) is 12.9. The molecule has 7 heteroatoms. The second-order valence-electron chi connectivity index (χ2n) is 7.99. The number of benzene rings is 2. The Morgan fingerprint density at radius 3 is 2.52 bits per heavy atom. The number of carbonyl (C=O) groups excluding carboxylic acids is 1. The quantitative estimate of drug-likeness (QED) is 0.600. The Bertz CT molecular complexity index is 956. The van der Waals surface area contributed by atoms with Gasteiger partial charge in [-0.1, -0.05) is 29.8 Å². The largest absolute Gasteiger partial charge is 0.494 e. The molecule has 1 aliphatic heterocycles. The molecule has 0 bridgehead atoms. The zero-order chi connectivity index (χ0) is 22.3. The van der Waals surface area contributed by atoms with E-state index in [-0.39, 0.29) is 23.3 Å². The van der Waals surface area contributed by atoms with Gasteiger partial charge in [-0.2, -0.15) is 4.31 Å². The summed E-state index contributed by atoms with van der Waals surface area (Å²) in [6.45, 7) is 5.80. The van der Waals surface area contributed by atoms with Crippen LogP contribution >= 0.6 is 0 Å². The topological polar surface area (TPSA) is 75.7 Å². The summed E-state index contributed by atoms with van der Waals surface area (Å²) in [5, 5.41) is 2.99. The van der Waals surface area contributed by atoms with Crippen molar-refractivity contribution in [1.82, 2.24) is 9.62 Å². The molecule has 0 aliphatic carbocycles. The number of nitrogens with one attached hydrogen (secondary N) is 1. The second-order valence-corrected chi connectivity index (χ2v) is 9.92. The van der Waals surface area contributed by atoms with Crippen molar-refractivity contribution < 1.29 is 17.9 Å². The first-order chi connectivity index (χ1) is 14.9. The molecule has 6 nitrogen and oxygen atoms in total. The van der Waals surface area contributed by atoms with E-state index in [0.29, 0.717) is 32.5 Å². The van der Waals surface area contributed by atoms with Crippen LogP contribution in [0, 0.1) is 12.8 Å². The summed E-state index contributed by atoms with van der Waals surface area (Å²) >= 11 is 0. The normalized spacial score (nSPS) is 17.3. The minimum absolute atomic E-state index is 0.0597. The molecule has 2 aromatic carbocycles. The Balaban J connectivity index is 1.47. The minimum atomic E-state index is -3.57. The van der Waals surface area contributed by atoms with Crippen LogP contribution in [0.5, 0.6) is 5.75 Å². The Morgan fingerprint density at radius 2 is 1.84 bits per heavy atom. The van der Waals surface area contributed by atoms with Gasteiger partial charge < -0.3 is 10.1 Å². The number of ether oxygens (including phenoxy) is 1. The Hall–Kier alpha value is -2.38. The molecule has 0 radical (unpaired) electrons. The van der Waals surface area contributed by atoms with Crippen LogP contribution < -0.4 is 10.1 Å². The minimum Gasteiger partial charge on any atom is -0.494 e. The van der Waals surface area contributed by atoms with Gasteiger partial charge in [0.05, 0.1) is 17.4 Å². The summed E-state index contributed by atoms with van der Waals surface area (Å²) in [7, 11) is -3.57. The van der Waals surface area contributed by atoms with Crippen molar-refractivity contribution in [1.29, 1.82) is 0 Å². The first-order valence-electron chi connectivity index (χ1n) is 11.0. The second kappa shape index (κ2) is 10.8. The van der Waals surface area contributed by atoms with Gasteiger partial charge in [0, 0.05) is 19.6 Å². The van der Waals surface area contributed by atoms with Gasteiger partial charge in [-0.05, 0) is 69.4 Å². The standard InChI is InChI=1S/C24H32N2O4S/c1-3-30-22-12-10-20(11-13-22)6-4-16-25-24(27)21-7-5-17-26(18-21)31(28,29)23-14-8-19(2)9-15-23/h8-15,21H,3-7,16-18H2,1-2H3,(H,25,27)/t21-/m1/s1. The maximum absolute atomic E-state index is 12.9. The van der Waals surface area contributed by atoms with E-state index in [4.69, 9.17) is 4.74 Å². The lowest BCUT2D eigenvalue weighted by atomic mass is 9.99. The highest BCUT2D eigenvalue weighted by Crippen LogP contribution is 2.24. The van der Waals surface area contributed by atoms with Crippen molar-refractivity contribution in [2.24, 2.45) is 5.92 Å². The van der Waals surface area contributed by atoms with Gasteiger partial charge in [0.25, 0.3) is 0 Å². The van der Waals surface area contributed by atoms with Gasteiger partial charge in [-0.25, -0.2) is 8.42 Å². The lowest BCUT2D eigenvalue weighted by Gasteiger charge is -2.31. The maximum atomic E-state index is 12.9. The number of hydrogen-bond acceptors (Lipinski definition) is 4. The van der Waals surface area contributed by atoms with E-state index in [2.05, 4.69) is 5.32 Å².